The molecule has 128 valence electrons. The Morgan fingerprint density at radius 3 is 2.29 bits per heavy atom. The van der Waals surface area contributed by atoms with E-state index in [4.69, 9.17) is 16.3 Å². The molecule has 2 rings (SSSR count). The molecule has 5 nitrogen and oxygen atoms in total. The molecule has 0 fully saturated rings. The summed E-state index contributed by atoms with van der Waals surface area (Å²) in [6.45, 7) is 5.19. The predicted molar refractivity (Wildman–Crippen MR) is 93.8 cm³/mol. The summed E-state index contributed by atoms with van der Waals surface area (Å²) in [6.07, 6.45) is 1.63. The van der Waals surface area contributed by atoms with E-state index in [1.54, 1.807) is 32.1 Å². The van der Waals surface area contributed by atoms with Crippen LogP contribution >= 0.6 is 11.6 Å². The fourth-order valence-electron chi connectivity index (χ4n) is 2.36. The summed E-state index contributed by atoms with van der Waals surface area (Å²) in [5, 5.41) is 0.357. The first-order valence-electron chi connectivity index (χ1n) is 7.19. The second-order valence-corrected chi connectivity index (χ2v) is 7.43. The van der Waals surface area contributed by atoms with Crippen LogP contribution < -0.4 is 0 Å². The minimum Gasteiger partial charge on any atom is -0.464 e. The van der Waals surface area contributed by atoms with Crippen molar-refractivity contribution in [1.29, 1.82) is 0 Å². The van der Waals surface area contributed by atoms with Crippen molar-refractivity contribution in [3.63, 3.8) is 0 Å². The second kappa shape index (κ2) is 6.83. The summed E-state index contributed by atoms with van der Waals surface area (Å²) >= 11 is 6.15. The summed E-state index contributed by atoms with van der Waals surface area (Å²) in [4.78, 5) is 12.2. The number of aromatic nitrogens is 1. The molecule has 0 aliphatic heterocycles. The van der Waals surface area contributed by atoms with Gasteiger partial charge in [0.1, 0.15) is 5.69 Å². The molecule has 0 radical (unpaired) electrons. The fraction of sp³-hybridized carbons (Fsp3) is 0.235. The molecular formula is C17H18ClNO4S. The van der Waals surface area contributed by atoms with Gasteiger partial charge in [0.05, 0.1) is 12.0 Å². The summed E-state index contributed by atoms with van der Waals surface area (Å²) in [7, 11) is -2.76. The lowest BCUT2D eigenvalue weighted by Gasteiger charge is -2.12. The maximum atomic E-state index is 13.0. The SMILES string of the molecule is C/C=C(/Cl)c1cc(C(=O)OC)n(S(=O)(=O)c2ccc(C)cc2)c1C. The molecule has 0 amide bonds. The van der Waals surface area contributed by atoms with Gasteiger partial charge in [-0.3, -0.25) is 0 Å². The second-order valence-electron chi connectivity index (χ2n) is 5.24. The fourth-order valence-corrected chi connectivity index (χ4v) is 4.09. The number of ether oxygens (including phenoxy) is 1. The van der Waals surface area contributed by atoms with Crippen LogP contribution in [-0.2, 0) is 14.8 Å². The highest BCUT2D eigenvalue weighted by atomic mass is 35.5. The number of esters is 1. The van der Waals surface area contributed by atoms with Crippen molar-refractivity contribution < 1.29 is 17.9 Å². The third kappa shape index (κ3) is 3.12. The highest BCUT2D eigenvalue weighted by Gasteiger charge is 2.28. The molecule has 0 saturated carbocycles. The van der Waals surface area contributed by atoms with Gasteiger partial charge in [-0.2, -0.15) is 0 Å². The van der Waals surface area contributed by atoms with Crippen LogP contribution in [0.4, 0.5) is 0 Å². The van der Waals surface area contributed by atoms with Crippen LogP contribution in [-0.4, -0.2) is 25.5 Å². The zero-order valence-electron chi connectivity index (χ0n) is 13.8. The van der Waals surface area contributed by atoms with Crippen molar-refractivity contribution in [1.82, 2.24) is 3.97 Å². The highest BCUT2D eigenvalue weighted by molar-refractivity contribution is 7.90. The number of nitrogens with zero attached hydrogens (tertiary/aromatic N) is 1. The van der Waals surface area contributed by atoms with Crippen LogP contribution in [0.25, 0.3) is 5.03 Å². The van der Waals surface area contributed by atoms with Crippen molar-refractivity contribution >= 4 is 32.6 Å². The van der Waals surface area contributed by atoms with Crippen LogP contribution in [0.2, 0.25) is 0 Å². The molecular weight excluding hydrogens is 350 g/mol. The van der Waals surface area contributed by atoms with E-state index in [-0.39, 0.29) is 10.6 Å². The Hall–Kier alpha value is -2.05. The number of benzene rings is 1. The van der Waals surface area contributed by atoms with E-state index in [0.29, 0.717) is 16.3 Å². The van der Waals surface area contributed by atoms with Gasteiger partial charge in [-0.25, -0.2) is 17.2 Å². The Morgan fingerprint density at radius 2 is 1.79 bits per heavy atom. The first-order chi connectivity index (χ1) is 11.2. The van der Waals surface area contributed by atoms with Crippen molar-refractivity contribution in [2.24, 2.45) is 0 Å². The number of allylic oxidation sites excluding steroid dienone is 1. The molecule has 0 spiro atoms. The average Bonchev–Trinajstić information content (AvgIpc) is 2.91. The third-order valence-corrected chi connectivity index (χ3v) is 5.90. The molecule has 1 aromatic heterocycles. The minimum absolute atomic E-state index is 0.0834. The predicted octanol–water partition coefficient (Wildman–Crippen LogP) is 3.73. The number of halogens is 1. The monoisotopic (exact) mass is 367 g/mol. The molecule has 0 unspecified atom stereocenters. The summed E-state index contributed by atoms with van der Waals surface area (Å²) < 4.78 is 31.7. The molecule has 0 N–H and O–H groups in total. The zero-order valence-corrected chi connectivity index (χ0v) is 15.4. The maximum Gasteiger partial charge on any atom is 0.355 e. The number of carbonyl (C=O) groups is 1. The quantitative estimate of drug-likeness (QED) is 0.772. The van der Waals surface area contributed by atoms with Gasteiger partial charge in [0.25, 0.3) is 10.0 Å². The molecule has 0 aliphatic rings. The number of rotatable bonds is 4. The number of aryl methyl sites for hydroxylation is 1. The Morgan fingerprint density at radius 1 is 1.21 bits per heavy atom. The van der Waals surface area contributed by atoms with E-state index in [0.717, 1.165) is 9.54 Å². The van der Waals surface area contributed by atoms with Gasteiger partial charge in [0, 0.05) is 16.3 Å². The Bertz CT molecular complexity index is 909. The van der Waals surface area contributed by atoms with E-state index >= 15 is 0 Å². The first-order valence-corrected chi connectivity index (χ1v) is 9.01. The van der Waals surface area contributed by atoms with Crippen molar-refractivity contribution in [3.05, 3.63) is 58.9 Å². The molecule has 0 saturated heterocycles. The molecule has 0 bridgehead atoms. The normalized spacial score (nSPS) is 12.3. The summed E-state index contributed by atoms with van der Waals surface area (Å²) in [5.41, 5.74) is 1.66. The molecule has 1 heterocycles. The van der Waals surface area contributed by atoms with E-state index in [2.05, 4.69) is 0 Å². The van der Waals surface area contributed by atoms with Crippen LogP contribution in [0, 0.1) is 13.8 Å². The van der Waals surface area contributed by atoms with Gasteiger partial charge in [0.15, 0.2) is 0 Å². The van der Waals surface area contributed by atoms with Gasteiger partial charge in [-0.05, 0) is 39.0 Å². The molecule has 2 aromatic rings. The van der Waals surface area contributed by atoms with Crippen LogP contribution in [0.1, 0.15) is 34.2 Å². The minimum atomic E-state index is -3.96. The van der Waals surface area contributed by atoms with E-state index in [1.165, 1.54) is 25.3 Å². The molecule has 1 aromatic carbocycles. The largest absolute Gasteiger partial charge is 0.464 e. The number of hydrogen-bond donors (Lipinski definition) is 0. The van der Waals surface area contributed by atoms with Crippen molar-refractivity contribution in [2.75, 3.05) is 7.11 Å². The Kier molecular flexibility index (Phi) is 5.20. The lowest BCUT2D eigenvalue weighted by molar-refractivity contribution is 0.0592. The zero-order chi connectivity index (χ0) is 18.1. The van der Waals surface area contributed by atoms with Crippen LogP contribution in [0.15, 0.2) is 41.3 Å². The molecule has 7 heteroatoms. The summed E-state index contributed by atoms with van der Waals surface area (Å²) in [6, 6.07) is 7.83. The van der Waals surface area contributed by atoms with Gasteiger partial charge in [-0.15, -0.1) is 0 Å². The topological polar surface area (TPSA) is 65.4 Å². The van der Waals surface area contributed by atoms with E-state index in [9.17, 15) is 13.2 Å². The van der Waals surface area contributed by atoms with Crippen LogP contribution in [0.5, 0.6) is 0 Å². The smallest absolute Gasteiger partial charge is 0.355 e. The molecule has 0 atom stereocenters. The number of methoxy groups -OCH3 is 1. The average molecular weight is 368 g/mol. The Labute approximate surface area is 146 Å². The van der Waals surface area contributed by atoms with E-state index < -0.39 is 16.0 Å². The van der Waals surface area contributed by atoms with Crippen molar-refractivity contribution in [3.8, 4) is 0 Å². The number of carbonyl (C=O) groups excluding carboxylic acids is 1. The standard InChI is InChI=1S/C17H18ClNO4S/c1-5-15(18)14-10-16(17(20)23-4)19(12(14)3)24(21,22)13-8-6-11(2)7-9-13/h5-10H,1-4H3/b15-5+. The third-order valence-electron chi connectivity index (χ3n) is 3.66. The van der Waals surface area contributed by atoms with E-state index in [1.807, 2.05) is 6.92 Å². The first kappa shape index (κ1) is 18.3. The van der Waals surface area contributed by atoms with Gasteiger partial charge in [0.2, 0.25) is 0 Å². The summed E-state index contributed by atoms with van der Waals surface area (Å²) in [5.74, 6) is -0.749. The van der Waals surface area contributed by atoms with Gasteiger partial charge >= 0.3 is 5.97 Å². The lowest BCUT2D eigenvalue weighted by atomic mass is 10.2. The maximum absolute atomic E-state index is 13.0. The lowest BCUT2D eigenvalue weighted by Crippen LogP contribution is -2.20. The highest BCUT2D eigenvalue weighted by Crippen LogP contribution is 2.30. The van der Waals surface area contributed by atoms with Crippen molar-refractivity contribution in [2.45, 2.75) is 25.7 Å². The Balaban J connectivity index is 2.78. The molecule has 24 heavy (non-hydrogen) atoms. The van der Waals surface area contributed by atoms with Gasteiger partial charge < -0.3 is 4.74 Å². The van der Waals surface area contributed by atoms with Crippen LogP contribution in [0.3, 0.4) is 0 Å². The van der Waals surface area contributed by atoms with Gasteiger partial charge in [-0.1, -0.05) is 35.4 Å². The molecule has 0 aliphatic carbocycles. The number of hydrogen-bond acceptors (Lipinski definition) is 4.